The zero-order chi connectivity index (χ0) is 7.28. The summed E-state index contributed by atoms with van der Waals surface area (Å²) >= 11 is 0. The van der Waals surface area contributed by atoms with Crippen LogP contribution in [0.5, 0.6) is 0 Å². The zero-order valence-electron chi connectivity index (χ0n) is 5.18. The van der Waals surface area contributed by atoms with Crippen LogP contribution < -0.4 is 10.4 Å². The van der Waals surface area contributed by atoms with Crippen molar-refractivity contribution in [3.05, 3.63) is 11.8 Å². The van der Waals surface area contributed by atoms with Crippen molar-refractivity contribution in [3.63, 3.8) is 0 Å². The Balaban J connectivity index is 3.39. The number of hydrogen-bond acceptors (Lipinski definition) is 2. The molecule has 1 N–H and O–H groups in total. The number of carbonyl (C=O) groups excluding carboxylic acids is 1. The lowest BCUT2D eigenvalue weighted by Crippen LogP contribution is -2.24. The molecule has 0 saturated carbocycles. The van der Waals surface area contributed by atoms with Crippen LogP contribution in [0, 0.1) is 0 Å². The van der Waals surface area contributed by atoms with Crippen molar-refractivity contribution in [1.29, 1.82) is 0 Å². The van der Waals surface area contributed by atoms with Crippen LogP contribution in [0.15, 0.2) is 11.8 Å². The number of nitrogens with one attached hydrogen (secondary N) is 1. The summed E-state index contributed by atoms with van der Waals surface area (Å²) in [7, 11) is 1.93. The van der Waals surface area contributed by atoms with Gasteiger partial charge in [-0.05, 0) is 16.2 Å². The average molecular weight is 146 g/mol. The summed E-state index contributed by atoms with van der Waals surface area (Å²) in [5.41, 5.74) is -0.259. The highest BCUT2D eigenvalue weighted by atomic mass is 31.0. The molecule has 9 heavy (non-hydrogen) atoms. The summed E-state index contributed by atoms with van der Waals surface area (Å²) in [6.45, 7) is 1.73. The lowest BCUT2D eigenvalue weighted by Gasteiger charge is -2.09. The van der Waals surface area contributed by atoms with Crippen molar-refractivity contribution < 1.29 is 9.90 Å². The van der Waals surface area contributed by atoms with Gasteiger partial charge in [-0.15, -0.1) is 5.76 Å². The number of allylic oxidation sites excluding steroid dienone is 1. The molecule has 0 spiro atoms. The van der Waals surface area contributed by atoms with Gasteiger partial charge >= 0.3 is 0 Å². The largest absolute Gasteiger partial charge is 0.874 e. The highest BCUT2D eigenvalue weighted by Crippen LogP contribution is 1.83. The van der Waals surface area contributed by atoms with Gasteiger partial charge in [-0.25, -0.2) is 0 Å². The minimum absolute atomic E-state index is 0.0780. The van der Waals surface area contributed by atoms with Crippen LogP contribution in [0.3, 0.4) is 0 Å². The minimum atomic E-state index is -0.259. The third kappa shape index (κ3) is 5.31. The molecule has 0 heterocycles. The summed E-state index contributed by atoms with van der Waals surface area (Å²) in [6, 6.07) is 0. The summed E-state index contributed by atoms with van der Waals surface area (Å²) in [6.07, 6.45) is 1.42. The summed E-state index contributed by atoms with van der Waals surface area (Å²) in [5.74, 6) is -0.0780. The predicted octanol–water partition coefficient (Wildman–Crippen LogP) is -0.165. The molecule has 0 saturated heterocycles. The SMILES string of the molecule is CC=C([O-])CNC(=O)P. The molecule has 3 nitrogen and oxygen atoms in total. The standard InChI is InChI=1S/C5H10NO2P/c1-2-4(7)3-6-5(8)9/h2,7H,3,9H2,1H3,(H,6,8)/p-1. The van der Waals surface area contributed by atoms with E-state index < -0.39 is 0 Å². The zero-order valence-corrected chi connectivity index (χ0v) is 6.33. The fraction of sp³-hybridized carbons (Fsp3) is 0.400. The molecule has 0 aromatic carbocycles. The van der Waals surface area contributed by atoms with Crippen LogP contribution in [0.1, 0.15) is 6.92 Å². The van der Waals surface area contributed by atoms with Gasteiger partial charge in [0.1, 0.15) is 0 Å². The van der Waals surface area contributed by atoms with Crippen molar-refractivity contribution in [2.45, 2.75) is 6.92 Å². The average Bonchev–Trinajstić information content (AvgIpc) is 1.83. The number of amides is 1. The van der Waals surface area contributed by atoms with E-state index in [1.165, 1.54) is 6.08 Å². The molecular formula is C5H9NO2P-. The fourth-order valence-corrected chi connectivity index (χ4v) is 0.378. The molecule has 0 bridgehead atoms. The van der Waals surface area contributed by atoms with Crippen LogP contribution in [0.4, 0.5) is 4.79 Å². The van der Waals surface area contributed by atoms with Gasteiger partial charge in [0.25, 0.3) is 0 Å². The molecule has 0 radical (unpaired) electrons. The Bertz CT molecular complexity index is 133. The van der Waals surface area contributed by atoms with E-state index in [-0.39, 0.29) is 18.0 Å². The van der Waals surface area contributed by atoms with Crippen LogP contribution in [-0.2, 0) is 0 Å². The smallest absolute Gasteiger partial charge is 0.234 e. The number of hydrogen-bond donors (Lipinski definition) is 1. The van der Waals surface area contributed by atoms with E-state index in [1.54, 1.807) is 6.92 Å². The molecule has 0 aliphatic heterocycles. The van der Waals surface area contributed by atoms with Crippen molar-refractivity contribution >= 4 is 14.9 Å². The van der Waals surface area contributed by atoms with Crippen molar-refractivity contribution in [1.82, 2.24) is 5.32 Å². The lowest BCUT2D eigenvalue weighted by atomic mass is 10.5. The first-order valence-electron chi connectivity index (χ1n) is 2.52. The topological polar surface area (TPSA) is 52.2 Å². The minimum Gasteiger partial charge on any atom is -0.874 e. The molecule has 0 aromatic rings. The summed E-state index contributed by atoms with van der Waals surface area (Å²) < 4.78 is 0. The molecular weight excluding hydrogens is 137 g/mol. The summed E-state index contributed by atoms with van der Waals surface area (Å²) in [5, 5.41) is 12.8. The van der Waals surface area contributed by atoms with Gasteiger partial charge < -0.3 is 10.4 Å². The van der Waals surface area contributed by atoms with Crippen LogP contribution in [0.2, 0.25) is 0 Å². The Morgan fingerprint density at radius 3 is 2.78 bits per heavy atom. The van der Waals surface area contributed by atoms with Gasteiger partial charge in [-0.1, -0.05) is 6.08 Å². The Morgan fingerprint density at radius 1 is 1.89 bits per heavy atom. The monoisotopic (exact) mass is 146 g/mol. The van der Waals surface area contributed by atoms with Crippen molar-refractivity contribution in [3.8, 4) is 0 Å². The van der Waals surface area contributed by atoms with Crippen LogP contribution >= 0.6 is 9.24 Å². The van der Waals surface area contributed by atoms with Crippen molar-refractivity contribution in [2.75, 3.05) is 6.54 Å². The lowest BCUT2D eigenvalue weighted by molar-refractivity contribution is -0.304. The maximum Gasteiger partial charge on any atom is 0.234 e. The molecule has 4 heteroatoms. The molecule has 1 unspecified atom stereocenters. The van der Waals surface area contributed by atoms with E-state index in [0.29, 0.717) is 0 Å². The number of carbonyl (C=O) groups is 1. The van der Waals surface area contributed by atoms with E-state index >= 15 is 0 Å². The highest BCUT2D eigenvalue weighted by molar-refractivity contribution is 7.39. The van der Waals surface area contributed by atoms with E-state index in [9.17, 15) is 9.90 Å². The quantitative estimate of drug-likeness (QED) is 0.434. The van der Waals surface area contributed by atoms with Gasteiger partial charge in [-0.2, -0.15) is 0 Å². The van der Waals surface area contributed by atoms with E-state index in [1.807, 2.05) is 9.24 Å². The predicted molar refractivity (Wildman–Crippen MR) is 36.9 cm³/mol. The molecule has 1 amide bonds. The van der Waals surface area contributed by atoms with Crippen LogP contribution in [-0.4, -0.2) is 12.2 Å². The molecule has 52 valence electrons. The first kappa shape index (κ1) is 8.44. The van der Waals surface area contributed by atoms with Gasteiger partial charge in [0.15, 0.2) is 0 Å². The molecule has 0 aliphatic rings. The first-order chi connectivity index (χ1) is 4.16. The van der Waals surface area contributed by atoms with Gasteiger partial charge in [-0.3, -0.25) is 4.79 Å². The Morgan fingerprint density at radius 2 is 2.44 bits per heavy atom. The third-order valence-corrected chi connectivity index (χ3v) is 0.963. The first-order valence-corrected chi connectivity index (χ1v) is 3.10. The second-order valence-electron chi connectivity index (χ2n) is 1.47. The fourth-order valence-electron chi connectivity index (χ4n) is 0.276. The molecule has 0 aliphatic carbocycles. The van der Waals surface area contributed by atoms with Gasteiger partial charge in [0.2, 0.25) is 5.65 Å². The van der Waals surface area contributed by atoms with Gasteiger partial charge in [0, 0.05) is 6.54 Å². The van der Waals surface area contributed by atoms with E-state index in [0.717, 1.165) is 0 Å². The Kier molecular flexibility index (Phi) is 4.06. The Hall–Kier alpha value is -0.560. The molecule has 0 aromatic heterocycles. The van der Waals surface area contributed by atoms with E-state index in [4.69, 9.17) is 0 Å². The molecule has 0 rings (SSSR count). The second kappa shape index (κ2) is 4.33. The molecule has 0 fully saturated rings. The van der Waals surface area contributed by atoms with E-state index in [2.05, 4.69) is 5.32 Å². The maximum atomic E-state index is 10.4. The summed E-state index contributed by atoms with van der Waals surface area (Å²) in [4.78, 5) is 10.1. The van der Waals surface area contributed by atoms with Crippen LogP contribution in [0.25, 0.3) is 0 Å². The van der Waals surface area contributed by atoms with Gasteiger partial charge in [0.05, 0.1) is 0 Å². The maximum absolute atomic E-state index is 10.4. The van der Waals surface area contributed by atoms with Crippen molar-refractivity contribution in [2.24, 2.45) is 0 Å². The highest BCUT2D eigenvalue weighted by Gasteiger charge is 1.84. The Labute approximate surface area is 56.3 Å². The normalized spacial score (nSPS) is 11.1. The molecule has 1 atom stereocenters. The third-order valence-electron chi connectivity index (χ3n) is 0.759. The second-order valence-corrected chi connectivity index (χ2v) is 2.00. The number of rotatable bonds is 2.